The third-order valence-electron chi connectivity index (χ3n) is 4.77. The fraction of sp³-hybridized carbons (Fsp3) is 0.0800. The Morgan fingerprint density at radius 3 is 2.42 bits per heavy atom. The average molecular weight is 495 g/mol. The highest BCUT2D eigenvalue weighted by Gasteiger charge is 2.15. The zero-order chi connectivity index (χ0) is 23.2. The zero-order valence-corrected chi connectivity index (χ0v) is 20.0. The second-order valence-electron chi connectivity index (χ2n) is 6.95. The van der Waals surface area contributed by atoms with Crippen molar-refractivity contribution in [2.45, 2.75) is 4.90 Å². The lowest BCUT2D eigenvalue weighted by Gasteiger charge is -2.07. The molecule has 1 heterocycles. The van der Waals surface area contributed by atoms with Crippen LogP contribution < -0.4 is 5.32 Å². The van der Waals surface area contributed by atoms with Crippen LogP contribution in [0.25, 0.3) is 22.4 Å². The largest absolute Gasteiger partial charge is 0.452 e. The van der Waals surface area contributed by atoms with Gasteiger partial charge in [0.15, 0.2) is 11.7 Å². The van der Waals surface area contributed by atoms with E-state index in [2.05, 4.69) is 22.4 Å². The molecule has 33 heavy (non-hydrogen) atoms. The molecule has 0 spiro atoms. The molecule has 8 heteroatoms. The van der Waals surface area contributed by atoms with Crippen LogP contribution in [-0.4, -0.2) is 29.7 Å². The minimum Gasteiger partial charge on any atom is -0.452 e. The molecule has 0 aliphatic carbocycles. The van der Waals surface area contributed by atoms with Crippen LogP contribution in [0.5, 0.6) is 0 Å². The van der Waals surface area contributed by atoms with Gasteiger partial charge in [0, 0.05) is 15.8 Å². The highest BCUT2D eigenvalue weighted by Crippen LogP contribution is 2.28. The van der Waals surface area contributed by atoms with Crippen LogP contribution in [0.4, 0.5) is 5.13 Å². The van der Waals surface area contributed by atoms with Crippen LogP contribution in [0, 0.1) is 0 Å². The Balaban J connectivity index is 1.35. The lowest BCUT2D eigenvalue weighted by atomic mass is 10.0. The molecule has 5 nitrogen and oxygen atoms in total. The van der Waals surface area contributed by atoms with Gasteiger partial charge in [-0.1, -0.05) is 66.2 Å². The molecule has 0 unspecified atom stereocenters. The van der Waals surface area contributed by atoms with E-state index in [1.165, 1.54) is 23.1 Å². The number of carbonyl (C=O) groups excluding carboxylic acids is 2. The van der Waals surface area contributed by atoms with Crippen molar-refractivity contribution in [3.05, 3.63) is 88.8 Å². The first-order chi connectivity index (χ1) is 16.0. The summed E-state index contributed by atoms with van der Waals surface area (Å²) in [6.45, 7) is -0.431. The molecule has 4 rings (SSSR count). The molecule has 0 saturated heterocycles. The average Bonchev–Trinajstić information content (AvgIpc) is 3.32. The predicted molar refractivity (Wildman–Crippen MR) is 135 cm³/mol. The van der Waals surface area contributed by atoms with Gasteiger partial charge in [-0.2, -0.15) is 0 Å². The van der Waals surface area contributed by atoms with Crippen molar-refractivity contribution < 1.29 is 14.3 Å². The first-order valence-corrected chi connectivity index (χ1v) is 12.4. The number of rotatable bonds is 7. The van der Waals surface area contributed by atoms with E-state index in [-0.39, 0.29) is 10.6 Å². The first kappa shape index (κ1) is 23.0. The third kappa shape index (κ3) is 5.82. The third-order valence-corrected chi connectivity index (χ3v) is 6.58. The number of thiazole rings is 1. The van der Waals surface area contributed by atoms with Crippen molar-refractivity contribution in [3.8, 4) is 22.4 Å². The lowest BCUT2D eigenvalue weighted by Crippen LogP contribution is -2.21. The van der Waals surface area contributed by atoms with Crippen LogP contribution in [0.3, 0.4) is 0 Å². The summed E-state index contributed by atoms with van der Waals surface area (Å²) < 4.78 is 5.12. The number of anilines is 1. The lowest BCUT2D eigenvalue weighted by molar-refractivity contribution is -0.119. The van der Waals surface area contributed by atoms with Gasteiger partial charge in [-0.05, 0) is 35.6 Å². The number of aromatic nitrogens is 1. The monoisotopic (exact) mass is 494 g/mol. The quantitative estimate of drug-likeness (QED) is 0.230. The van der Waals surface area contributed by atoms with Crippen molar-refractivity contribution in [2.24, 2.45) is 0 Å². The molecule has 0 aliphatic rings. The molecule has 0 atom stereocenters. The van der Waals surface area contributed by atoms with Crippen LogP contribution in [0.2, 0.25) is 5.02 Å². The van der Waals surface area contributed by atoms with Gasteiger partial charge in [-0.3, -0.25) is 10.1 Å². The first-order valence-electron chi connectivity index (χ1n) is 9.95. The van der Waals surface area contributed by atoms with Crippen molar-refractivity contribution in [1.82, 2.24) is 4.98 Å². The maximum Gasteiger partial charge on any atom is 0.340 e. The van der Waals surface area contributed by atoms with Crippen LogP contribution in [0.15, 0.2) is 83.1 Å². The molecule has 4 aromatic rings. The normalized spacial score (nSPS) is 10.6. The van der Waals surface area contributed by atoms with Gasteiger partial charge < -0.3 is 4.74 Å². The number of thioether (sulfide) groups is 1. The Kier molecular flexibility index (Phi) is 7.44. The topological polar surface area (TPSA) is 68.3 Å². The van der Waals surface area contributed by atoms with Crippen LogP contribution >= 0.6 is 34.7 Å². The van der Waals surface area contributed by atoms with E-state index in [4.69, 9.17) is 16.3 Å². The second-order valence-corrected chi connectivity index (χ2v) is 9.10. The highest BCUT2D eigenvalue weighted by molar-refractivity contribution is 7.98. The predicted octanol–water partition coefficient (Wildman–Crippen LogP) is 6.65. The van der Waals surface area contributed by atoms with Gasteiger partial charge in [0.2, 0.25) is 0 Å². The van der Waals surface area contributed by atoms with Gasteiger partial charge >= 0.3 is 5.97 Å². The fourth-order valence-electron chi connectivity index (χ4n) is 3.08. The Labute approximate surface area is 204 Å². The Bertz CT molecular complexity index is 1270. The molecular weight excluding hydrogens is 476 g/mol. The Morgan fingerprint density at radius 1 is 1.00 bits per heavy atom. The van der Waals surface area contributed by atoms with Crippen molar-refractivity contribution in [3.63, 3.8) is 0 Å². The highest BCUT2D eigenvalue weighted by atomic mass is 35.5. The molecule has 1 N–H and O–H groups in total. The summed E-state index contributed by atoms with van der Waals surface area (Å²) in [5.74, 6) is -1.12. The van der Waals surface area contributed by atoms with E-state index in [9.17, 15) is 9.59 Å². The van der Waals surface area contributed by atoms with E-state index < -0.39 is 18.5 Å². The van der Waals surface area contributed by atoms with Crippen molar-refractivity contribution >= 4 is 51.7 Å². The van der Waals surface area contributed by atoms with Crippen molar-refractivity contribution in [2.75, 3.05) is 18.2 Å². The summed E-state index contributed by atoms with van der Waals surface area (Å²) in [6, 6.07) is 23.3. The van der Waals surface area contributed by atoms with E-state index in [0.29, 0.717) is 5.13 Å². The molecule has 0 bridgehead atoms. The minimum atomic E-state index is -0.649. The maximum atomic E-state index is 12.3. The van der Waals surface area contributed by atoms with E-state index in [0.717, 1.165) is 27.3 Å². The summed E-state index contributed by atoms with van der Waals surface area (Å²) in [4.78, 5) is 29.9. The number of hydrogen-bond acceptors (Lipinski definition) is 6. The number of amides is 1. The Morgan fingerprint density at radius 2 is 1.70 bits per heavy atom. The smallest absolute Gasteiger partial charge is 0.340 e. The summed E-state index contributed by atoms with van der Waals surface area (Å²) in [5, 5.41) is 5.25. The van der Waals surface area contributed by atoms with E-state index in [1.807, 2.05) is 60.2 Å². The van der Waals surface area contributed by atoms with Crippen LogP contribution in [-0.2, 0) is 9.53 Å². The number of nitrogens with one attached hydrogen (secondary N) is 1. The van der Waals surface area contributed by atoms with Gasteiger partial charge in [-0.15, -0.1) is 23.1 Å². The van der Waals surface area contributed by atoms with Gasteiger partial charge in [0.25, 0.3) is 5.91 Å². The molecule has 1 amide bonds. The summed E-state index contributed by atoms with van der Waals surface area (Å²) in [6.07, 6.45) is 1.89. The van der Waals surface area contributed by atoms with Gasteiger partial charge in [0.1, 0.15) is 0 Å². The molecule has 0 aliphatic heterocycles. The van der Waals surface area contributed by atoms with Crippen molar-refractivity contribution in [1.29, 1.82) is 0 Å². The number of halogens is 1. The molecule has 166 valence electrons. The molecule has 0 radical (unpaired) electrons. The Hall–Kier alpha value is -3.13. The second kappa shape index (κ2) is 10.7. The fourth-order valence-corrected chi connectivity index (χ4v) is 4.45. The summed E-state index contributed by atoms with van der Waals surface area (Å²) in [5.41, 5.74) is 4.19. The van der Waals surface area contributed by atoms with E-state index >= 15 is 0 Å². The minimum absolute atomic E-state index is 0.229. The zero-order valence-electron chi connectivity index (χ0n) is 17.6. The molecular formula is C25H19ClN2O3S2. The van der Waals surface area contributed by atoms with Crippen LogP contribution in [0.1, 0.15) is 10.4 Å². The van der Waals surface area contributed by atoms with Gasteiger partial charge in [0.05, 0.1) is 16.3 Å². The standard InChI is InChI=1S/C25H19ClN2O3S2/c1-32-19-11-12-21(26)20(13-19)24(30)31-14-23(29)28-25-27-22(15-33-25)18-9-7-17(8-10-18)16-5-3-2-4-6-16/h2-13,15H,14H2,1H3,(H,27,28,29). The molecule has 3 aromatic carbocycles. The maximum absolute atomic E-state index is 12.3. The number of ether oxygens (including phenoxy) is 1. The number of esters is 1. The molecule has 0 saturated carbocycles. The summed E-state index contributed by atoms with van der Waals surface area (Å²) >= 11 is 8.87. The number of hydrogen-bond donors (Lipinski definition) is 1. The SMILES string of the molecule is CSc1ccc(Cl)c(C(=O)OCC(=O)Nc2nc(-c3ccc(-c4ccccc4)cc3)cs2)c1. The molecule has 1 aromatic heterocycles. The van der Waals surface area contributed by atoms with Gasteiger partial charge in [-0.25, -0.2) is 9.78 Å². The number of nitrogens with zero attached hydrogens (tertiary/aromatic N) is 1. The number of benzene rings is 3. The molecule has 0 fully saturated rings. The summed E-state index contributed by atoms with van der Waals surface area (Å²) in [7, 11) is 0. The number of carbonyl (C=O) groups is 2. The van der Waals surface area contributed by atoms with E-state index in [1.54, 1.807) is 12.1 Å².